The van der Waals surface area contributed by atoms with Gasteiger partial charge in [0.1, 0.15) is 5.75 Å². The lowest BCUT2D eigenvalue weighted by Crippen LogP contribution is -2.43. The largest absolute Gasteiger partial charge is 0.494 e. The van der Waals surface area contributed by atoms with Crippen LogP contribution in [-0.2, 0) is 10.2 Å². The van der Waals surface area contributed by atoms with Crippen LogP contribution in [0.1, 0.15) is 43.6 Å². The van der Waals surface area contributed by atoms with Crippen LogP contribution in [-0.4, -0.2) is 61.8 Å². The van der Waals surface area contributed by atoms with Crippen molar-refractivity contribution in [1.82, 2.24) is 9.88 Å². The van der Waals surface area contributed by atoms with Crippen LogP contribution in [0.4, 0.5) is 5.13 Å². The number of ether oxygens (including phenoxy) is 2. The molecule has 1 amide bonds. The lowest BCUT2D eigenvalue weighted by molar-refractivity contribution is 0.0391. The average molecular weight is 468 g/mol. The molecule has 0 bridgehead atoms. The normalized spacial score (nSPS) is 15.0. The number of rotatable bonds is 7. The highest BCUT2D eigenvalue weighted by molar-refractivity contribution is 7.22. The van der Waals surface area contributed by atoms with E-state index < -0.39 is 0 Å². The Kier molecular flexibility index (Phi) is 7.32. The molecule has 1 aliphatic rings. The Morgan fingerprint density at radius 1 is 1.15 bits per heavy atom. The topological polar surface area (TPSA) is 54.9 Å². The summed E-state index contributed by atoms with van der Waals surface area (Å²) in [6.45, 7) is 13.7. The summed E-state index contributed by atoms with van der Waals surface area (Å²) in [5.41, 5.74) is 2.82. The minimum atomic E-state index is -0.0205. The standard InChI is InChI=1S/C26H33N3O3S/c1-5-32-21-10-11-22-23(18-21)33-25(27-22)29(13-12-28-14-16-31-17-15-28)24(30)19-6-8-20(9-7-19)26(2,3)4/h6-11,18H,5,12-17H2,1-4H3. The van der Waals surface area contributed by atoms with E-state index in [1.165, 1.54) is 16.9 Å². The first kappa shape index (κ1) is 23.7. The second kappa shape index (κ2) is 10.2. The summed E-state index contributed by atoms with van der Waals surface area (Å²) in [6.07, 6.45) is 0. The number of hydrogen-bond acceptors (Lipinski definition) is 6. The van der Waals surface area contributed by atoms with Gasteiger partial charge in [-0.1, -0.05) is 44.2 Å². The summed E-state index contributed by atoms with van der Waals surface area (Å²) in [6, 6.07) is 13.9. The number of hydrogen-bond donors (Lipinski definition) is 0. The molecule has 2 heterocycles. The van der Waals surface area contributed by atoms with E-state index in [0.717, 1.165) is 53.9 Å². The van der Waals surface area contributed by atoms with Crippen molar-refractivity contribution in [2.75, 3.05) is 50.9 Å². The second-order valence-electron chi connectivity index (χ2n) is 9.30. The minimum absolute atomic E-state index is 0.0205. The van der Waals surface area contributed by atoms with Gasteiger partial charge in [0.05, 0.1) is 30.0 Å². The van der Waals surface area contributed by atoms with Gasteiger partial charge in [0.25, 0.3) is 5.91 Å². The number of carbonyl (C=O) groups is 1. The van der Waals surface area contributed by atoms with Crippen molar-refractivity contribution in [3.63, 3.8) is 0 Å². The maximum atomic E-state index is 13.6. The highest BCUT2D eigenvalue weighted by Gasteiger charge is 2.24. The molecule has 0 spiro atoms. The molecule has 4 rings (SSSR count). The summed E-state index contributed by atoms with van der Waals surface area (Å²) in [4.78, 5) is 22.6. The molecule has 0 N–H and O–H groups in total. The van der Waals surface area contributed by atoms with Crippen LogP contribution in [0, 0.1) is 0 Å². The fraction of sp³-hybridized carbons (Fsp3) is 0.462. The Labute approximate surface area is 200 Å². The Bertz CT molecular complexity index is 1080. The predicted molar refractivity (Wildman–Crippen MR) is 135 cm³/mol. The van der Waals surface area contributed by atoms with E-state index in [1.54, 1.807) is 0 Å². The van der Waals surface area contributed by atoms with E-state index in [1.807, 2.05) is 42.2 Å². The highest BCUT2D eigenvalue weighted by atomic mass is 32.1. The lowest BCUT2D eigenvalue weighted by Gasteiger charge is -2.29. The summed E-state index contributed by atoms with van der Waals surface area (Å²) in [5.74, 6) is 0.803. The van der Waals surface area contributed by atoms with Crippen LogP contribution in [0.5, 0.6) is 5.75 Å². The lowest BCUT2D eigenvalue weighted by atomic mass is 9.86. The van der Waals surface area contributed by atoms with Crippen molar-refractivity contribution in [1.29, 1.82) is 0 Å². The number of benzene rings is 2. The van der Waals surface area contributed by atoms with Gasteiger partial charge < -0.3 is 9.47 Å². The maximum absolute atomic E-state index is 13.6. The first-order valence-electron chi connectivity index (χ1n) is 11.6. The van der Waals surface area contributed by atoms with E-state index in [4.69, 9.17) is 14.5 Å². The average Bonchev–Trinajstić information content (AvgIpc) is 3.22. The van der Waals surface area contributed by atoms with Gasteiger partial charge >= 0.3 is 0 Å². The molecular formula is C26H33N3O3S. The number of nitrogens with zero attached hydrogens (tertiary/aromatic N) is 3. The number of thiazole rings is 1. The van der Waals surface area contributed by atoms with Crippen LogP contribution in [0.15, 0.2) is 42.5 Å². The van der Waals surface area contributed by atoms with Crippen LogP contribution < -0.4 is 9.64 Å². The van der Waals surface area contributed by atoms with Gasteiger partial charge in [0.15, 0.2) is 5.13 Å². The number of anilines is 1. The third-order valence-corrected chi connectivity index (χ3v) is 6.92. The molecule has 3 aromatic rings. The zero-order valence-corrected chi connectivity index (χ0v) is 20.8. The van der Waals surface area contributed by atoms with Gasteiger partial charge in [-0.05, 0) is 48.2 Å². The van der Waals surface area contributed by atoms with Crippen LogP contribution in [0.3, 0.4) is 0 Å². The molecule has 0 unspecified atom stereocenters. The number of carbonyl (C=O) groups excluding carboxylic acids is 1. The van der Waals surface area contributed by atoms with Crippen molar-refractivity contribution in [2.45, 2.75) is 33.1 Å². The van der Waals surface area contributed by atoms with Crippen molar-refractivity contribution < 1.29 is 14.3 Å². The first-order valence-corrected chi connectivity index (χ1v) is 12.4. The molecule has 1 aromatic heterocycles. The number of morpholine rings is 1. The first-order chi connectivity index (χ1) is 15.8. The van der Waals surface area contributed by atoms with Gasteiger partial charge in [0, 0.05) is 31.7 Å². The quantitative estimate of drug-likeness (QED) is 0.491. The zero-order valence-electron chi connectivity index (χ0n) is 20.0. The van der Waals surface area contributed by atoms with Crippen LogP contribution in [0.2, 0.25) is 0 Å². The molecule has 2 aromatic carbocycles. The van der Waals surface area contributed by atoms with Crippen molar-refractivity contribution in [3.8, 4) is 5.75 Å². The molecule has 7 heteroatoms. The molecule has 1 fully saturated rings. The summed E-state index contributed by atoms with van der Waals surface area (Å²) < 4.78 is 12.1. The smallest absolute Gasteiger partial charge is 0.260 e. The molecule has 0 radical (unpaired) electrons. The summed E-state index contributed by atoms with van der Waals surface area (Å²) in [5, 5.41) is 0.719. The maximum Gasteiger partial charge on any atom is 0.260 e. The van der Waals surface area contributed by atoms with E-state index in [-0.39, 0.29) is 11.3 Å². The minimum Gasteiger partial charge on any atom is -0.494 e. The molecule has 1 aliphatic heterocycles. The van der Waals surface area contributed by atoms with Gasteiger partial charge in [-0.25, -0.2) is 4.98 Å². The third-order valence-electron chi connectivity index (χ3n) is 5.88. The van der Waals surface area contributed by atoms with Crippen LogP contribution >= 0.6 is 11.3 Å². The molecule has 176 valence electrons. The summed E-state index contributed by atoms with van der Waals surface area (Å²) in [7, 11) is 0. The Morgan fingerprint density at radius 2 is 1.88 bits per heavy atom. The number of aromatic nitrogens is 1. The van der Waals surface area contributed by atoms with E-state index in [9.17, 15) is 4.79 Å². The second-order valence-corrected chi connectivity index (χ2v) is 10.3. The van der Waals surface area contributed by atoms with E-state index in [0.29, 0.717) is 18.7 Å². The van der Waals surface area contributed by atoms with Gasteiger partial charge in [0.2, 0.25) is 0 Å². The number of fused-ring (bicyclic) bond motifs is 1. The fourth-order valence-corrected chi connectivity index (χ4v) is 4.90. The molecule has 6 nitrogen and oxygen atoms in total. The van der Waals surface area contributed by atoms with Gasteiger partial charge in [-0.3, -0.25) is 14.6 Å². The van der Waals surface area contributed by atoms with Crippen molar-refractivity contribution >= 4 is 32.6 Å². The molecule has 0 saturated carbocycles. The summed E-state index contributed by atoms with van der Waals surface area (Å²) >= 11 is 1.53. The fourth-order valence-electron chi connectivity index (χ4n) is 3.88. The Hall–Kier alpha value is -2.48. The van der Waals surface area contributed by atoms with Gasteiger partial charge in [-0.15, -0.1) is 0 Å². The SMILES string of the molecule is CCOc1ccc2nc(N(CCN3CCOCC3)C(=O)c3ccc(C(C)(C)C)cc3)sc2c1. The van der Waals surface area contributed by atoms with Gasteiger partial charge in [-0.2, -0.15) is 0 Å². The molecular weight excluding hydrogens is 434 g/mol. The monoisotopic (exact) mass is 467 g/mol. The zero-order chi connectivity index (χ0) is 23.4. The molecule has 33 heavy (non-hydrogen) atoms. The van der Waals surface area contributed by atoms with Crippen molar-refractivity contribution in [2.24, 2.45) is 0 Å². The van der Waals surface area contributed by atoms with Crippen LogP contribution in [0.25, 0.3) is 10.2 Å². The molecule has 1 saturated heterocycles. The molecule has 0 aliphatic carbocycles. The predicted octanol–water partition coefficient (Wildman–Crippen LogP) is 4.97. The van der Waals surface area contributed by atoms with Crippen molar-refractivity contribution in [3.05, 3.63) is 53.6 Å². The van der Waals surface area contributed by atoms with E-state index in [2.05, 4.69) is 37.8 Å². The number of amides is 1. The highest BCUT2D eigenvalue weighted by Crippen LogP contribution is 2.32. The molecule has 0 atom stereocenters. The van der Waals surface area contributed by atoms with E-state index >= 15 is 0 Å². The Balaban J connectivity index is 1.62. The third kappa shape index (κ3) is 5.72. The Morgan fingerprint density at radius 3 is 2.55 bits per heavy atom.